The molecule has 2 aromatic rings. The van der Waals surface area contributed by atoms with Gasteiger partial charge in [-0.25, -0.2) is 4.98 Å². The molecule has 118 valence electrons. The van der Waals surface area contributed by atoms with Gasteiger partial charge in [-0.1, -0.05) is 12.1 Å². The topological polar surface area (TPSA) is 60.8 Å². The SMILES string of the molecule is COc1cccc(OC)c1OC[C@@H](O)CSc1ccccn1. The maximum atomic E-state index is 10.0. The average molecular weight is 321 g/mol. The van der Waals surface area contributed by atoms with E-state index >= 15 is 0 Å². The standard InChI is InChI=1S/C16H19NO4S/c1-19-13-6-5-7-14(20-2)16(13)21-10-12(18)11-22-15-8-3-4-9-17-15/h3-9,12,18H,10-11H2,1-2H3/t12-/m1/s1. The van der Waals surface area contributed by atoms with Crippen molar-refractivity contribution in [1.82, 2.24) is 4.98 Å². The number of hydrogen-bond acceptors (Lipinski definition) is 6. The molecule has 22 heavy (non-hydrogen) atoms. The van der Waals surface area contributed by atoms with Gasteiger partial charge in [-0.05, 0) is 24.3 Å². The lowest BCUT2D eigenvalue weighted by Crippen LogP contribution is -2.20. The van der Waals surface area contributed by atoms with Crippen molar-refractivity contribution < 1.29 is 19.3 Å². The number of ether oxygens (including phenoxy) is 3. The van der Waals surface area contributed by atoms with Gasteiger partial charge < -0.3 is 19.3 Å². The van der Waals surface area contributed by atoms with E-state index in [9.17, 15) is 5.11 Å². The Balaban J connectivity index is 1.89. The smallest absolute Gasteiger partial charge is 0.203 e. The number of methoxy groups -OCH3 is 2. The summed E-state index contributed by atoms with van der Waals surface area (Å²) in [7, 11) is 3.13. The molecule has 0 aliphatic heterocycles. The van der Waals surface area contributed by atoms with E-state index in [-0.39, 0.29) is 6.61 Å². The zero-order valence-electron chi connectivity index (χ0n) is 12.6. The number of aliphatic hydroxyl groups excluding tert-OH is 1. The lowest BCUT2D eigenvalue weighted by Gasteiger charge is -2.16. The van der Waals surface area contributed by atoms with Crippen LogP contribution in [-0.4, -0.2) is 42.8 Å². The highest BCUT2D eigenvalue weighted by Crippen LogP contribution is 2.36. The minimum absolute atomic E-state index is 0.149. The van der Waals surface area contributed by atoms with E-state index in [1.165, 1.54) is 11.8 Å². The molecule has 1 N–H and O–H groups in total. The summed E-state index contributed by atoms with van der Waals surface area (Å²) in [5.74, 6) is 2.14. The molecule has 0 amide bonds. The fraction of sp³-hybridized carbons (Fsp3) is 0.312. The molecular formula is C16H19NO4S. The van der Waals surface area contributed by atoms with E-state index in [4.69, 9.17) is 14.2 Å². The van der Waals surface area contributed by atoms with Gasteiger partial charge in [-0.3, -0.25) is 0 Å². The quantitative estimate of drug-likeness (QED) is 0.754. The maximum absolute atomic E-state index is 10.0. The summed E-state index contributed by atoms with van der Waals surface area (Å²) < 4.78 is 16.2. The van der Waals surface area contributed by atoms with Crippen molar-refractivity contribution in [2.75, 3.05) is 26.6 Å². The molecule has 0 saturated carbocycles. The van der Waals surface area contributed by atoms with Gasteiger partial charge in [-0.2, -0.15) is 0 Å². The zero-order chi connectivity index (χ0) is 15.8. The van der Waals surface area contributed by atoms with Crippen LogP contribution < -0.4 is 14.2 Å². The Bertz CT molecular complexity index is 557. The first-order valence-corrected chi connectivity index (χ1v) is 7.79. The van der Waals surface area contributed by atoms with Crippen LogP contribution >= 0.6 is 11.8 Å². The second kappa shape index (κ2) is 8.51. The van der Waals surface area contributed by atoms with Crippen molar-refractivity contribution in [2.24, 2.45) is 0 Å². The van der Waals surface area contributed by atoms with E-state index in [1.54, 1.807) is 32.5 Å². The van der Waals surface area contributed by atoms with Gasteiger partial charge in [-0.15, -0.1) is 11.8 Å². The van der Waals surface area contributed by atoms with Crippen LogP contribution in [0.1, 0.15) is 0 Å². The first kappa shape index (κ1) is 16.5. The molecule has 1 heterocycles. The molecule has 1 aromatic carbocycles. The minimum Gasteiger partial charge on any atom is -0.493 e. The highest BCUT2D eigenvalue weighted by molar-refractivity contribution is 7.99. The van der Waals surface area contributed by atoms with Crippen molar-refractivity contribution in [2.45, 2.75) is 11.1 Å². The fourth-order valence-corrected chi connectivity index (χ4v) is 2.57. The number of benzene rings is 1. The normalized spacial score (nSPS) is 11.8. The molecule has 0 unspecified atom stereocenters. The Morgan fingerprint density at radius 2 is 1.82 bits per heavy atom. The van der Waals surface area contributed by atoms with Crippen LogP contribution in [0.15, 0.2) is 47.6 Å². The molecular weight excluding hydrogens is 302 g/mol. The molecule has 0 radical (unpaired) electrons. The summed E-state index contributed by atoms with van der Waals surface area (Å²) in [6.45, 7) is 0.149. The number of nitrogens with zero attached hydrogens (tertiary/aromatic N) is 1. The molecule has 0 aliphatic rings. The van der Waals surface area contributed by atoms with Gasteiger partial charge in [0.2, 0.25) is 5.75 Å². The van der Waals surface area contributed by atoms with E-state index < -0.39 is 6.10 Å². The van der Waals surface area contributed by atoms with Crippen LogP contribution in [0.25, 0.3) is 0 Å². The number of thioether (sulfide) groups is 1. The number of hydrogen-bond donors (Lipinski definition) is 1. The Hall–Kier alpha value is -1.92. The largest absolute Gasteiger partial charge is 0.493 e. The van der Waals surface area contributed by atoms with Crippen molar-refractivity contribution in [3.63, 3.8) is 0 Å². The number of aromatic nitrogens is 1. The van der Waals surface area contributed by atoms with Crippen molar-refractivity contribution in [1.29, 1.82) is 0 Å². The van der Waals surface area contributed by atoms with Gasteiger partial charge >= 0.3 is 0 Å². The number of para-hydroxylation sites is 1. The maximum Gasteiger partial charge on any atom is 0.203 e. The summed E-state index contributed by atoms with van der Waals surface area (Å²) >= 11 is 1.48. The third-order valence-corrected chi connectivity index (χ3v) is 3.95. The van der Waals surface area contributed by atoms with Gasteiger partial charge in [0.05, 0.1) is 25.3 Å². The van der Waals surface area contributed by atoms with Gasteiger partial charge in [0.25, 0.3) is 0 Å². The molecule has 0 saturated heterocycles. The lowest BCUT2D eigenvalue weighted by atomic mass is 10.3. The Morgan fingerprint density at radius 3 is 2.41 bits per heavy atom. The Kier molecular flexibility index (Phi) is 6.36. The second-order valence-electron chi connectivity index (χ2n) is 4.44. The Morgan fingerprint density at radius 1 is 1.09 bits per heavy atom. The van der Waals surface area contributed by atoms with E-state index in [1.807, 2.05) is 24.3 Å². The Labute approximate surface area is 134 Å². The summed E-state index contributed by atoms with van der Waals surface area (Å²) in [6, 6.07) is 11.1. The average Bonchev–Trinajstić information content (AvgIpc) is 2.58. The summed E-state index contributed by atoms with van der Waals surface area (Å²) in [6.07, 6.45) is 1.10. The lowest BCUT2D eigenvalue weighted by molar-refractivity contribution is 0.122. The zero-order valence-corrected chi connectivity index (χ0v) is 13.4. The van der Waals surface area contributed by atoms with E-state index in [2.05, 4.69) is 4.98 Å². The number of pyridine rings is 1. The van der Waals surface area contributed by atoms with E-state index in [0.717, 1.165) is 5.03 Å². The van der Waals surface area contributed by atoms with Gasteiger partial charge in [0.15, 0.2) is 11.5 Å². The summed E-state index contributed by atoms with van der Waals surface area (Å²) in [5.41, 5.74) is 0. The van der Waals surface area contributed by atoms with Crippen LogP contribution in [0.5, 0.6) is 17.2 Å². The summed E-state index contributed by atoms with van der Waals surface area (Å²) in [5, 5.41) is 10.9. The third kappa shape index (κ3) is 4.54. The van der Waals surface area contributed by atoms with Gasteiger partial charge in [0, 0.05) is 11.9 Å². The molecule has 0 bridgehead atoms. The number of rotatable bonds is 8. The van der Waals surface area contributed by atoms with Crippen LogP contribution in [0.3, 0.4) is 0 Å². The fourth-order valence-electron chi connectivity index (χ4n) is 1.80. The predicted octanol–water partition coefficient (Wildman–Crippen LogP) is 2.63. The monoisotopic (exact) mass is 321 g/mol. The van der Waals surface area contributed by atoms with Crippen LogP contribution in [0.4, 0.5) is 0 Å². The molecule has 2 rings (SSSR count). The third-order valence-electron chi connectivity index (χ3n) is 2.86. The second-order valence-corrected chi connectivity index (χ2v) is 5.48. The van der Waals surface area contributed by atoms with E-state index in [0.29, 0.717) is 23.0 Å². The highest BCUT2D eigenvalue weighted by Gasteiger charge is 2.14. The first-order valence-electron chi connectivity index (χ1n) is 6.80. The molecule has 0 spiro atoms. The molecule has 5 nitrogen and oxygen atoms in total. The first-order chi connectivity index (χ1) is 10.7. The minimum atomic E-state index is -0.623. The van der Waals surface area contributed by atoms with Gasteiger partial charge in [0.1, 0.15) is 6.61 Å². The van der Waals surface area contributed by atoms with Crippen LogP contribution in [0, 0.1) is 0 Å². The number of aliphatic hydroxyl groups is 1. The molecule has 0 aliphatic carbocycles. The predicted molar refractivity (Wildman–Crippen MR) is 86.0 cm³/mol. The molecule has 6 heteroatoms. The van der Waals surface area contributed by atoms with Crippen LogP contribution in [-0.2, 0) is 0 Å². The van der Waals surface area contributed by atoms with Crippen molar-refractivity contribution in [3.8, 4) is 17.2 Å². The van der Waals surface area contributed by atoms with Crippen molar-refractivity contribution in [3.05, 3.63) is 42.6 Å². The van der Waals surface area contributed by atoms with Crippen molar-refractivity contribution >= 4 is 11.8 Å². The molecule has 1 atom stereocenters. The molecule has 0 fully saturated rings. The summed E-state index contributed by atoms with van der Waals surface area (Å²) in [4.78, 5) is 4.19. The highest BCUT2D eigenvalue weighted by atomic mass is 32.2. The molecule has 1 aromatic heterocycles. The van der Waals surface area contributed by atoms with Crippen LogP contribution in [0.2, 0.25) is 0 Å².